The third-order valence-corrected chi connectivity index (χ3v) is 3.86. The van der Waals surface area contributed by atoms with Gasteiger partial charge in [-0.3, -0.25) is 4.79 Å². The fourth-order valence-electron chi connectivity index (χ4n) is 2.91. The number of likely N-dealkylation sites (N-methyl/N-ethyl adjacent to an activating group) is 2. The summed E-state index contributed by atoms with van der Waals surface area (Å²) in [5.74, 6) is 0.900. The molecule has 0 heterocycles. The first-order valence-electron chi connectivity index (χ1n) is 8.10. The topological polar surface area (TPSA) is 49.6 Å². The van der Waals surface area contributed by atoms with Crippen molar-refractivity contribution < 1.29 is 4.79 Å². The minimum absolute atomic E-state index is 0.279. The maximum absolute atomic E-state index is 12.4. The van der Waals surface area contributed by atoms with Crippen LogP contribution in [0.15, 0.2) is 0 Å². The van der Waals surface area contributed by atoms with Crippen LogP contribution in [0, 0.1) is 5.92 Å². The van der Waals surface area contributed by atoms with Gasteiger partial charge in [-0.25, -0.2) is 0 Å². The van der Waals surface area contributed by atoms with Crippen LogP contribution < -0.4 is 5.73 Å². The maximum atomic E-state index is 12.4. The zero-order valence-electron chi connectivity index (χ0n) is 14.2. The van der Waals surface area contributed by atoms with Crippen LogP contribution in [0.4, 0.5) is 0 Å². The second-order valence-corrected chi connectivity index (χ2v) is 6.06. The van der Waals surface area contributed by atoms with Gasteiger partial charge >= 0.3 is 0 Å². The Morgan fingerprint density at radius 1 is 1.15 bits per heavy atom. The number of amides is 1. The molecule has 120 valence electrons. The Kier molecular flexibility index (Phi) is 10.8. The van der Waals surface area contributed by atoms with Crippen molar-refractivity contribution in [2.45, 2.75) is 58.9 Å². The average Bonchev–Trinajstić information content (AvgIpc) is 2.36. The predicted molar refractivity (Wildman–Crippen MR) is 86.7 cm³/mol. The summed E-state index contributed by atoms with van der Waals surface area (Å²) in [5, 5.41) is 0. The summed E-state index contributed by atoms with van der Waals surface area (Å²) in [6.45, 7) is 8.83. The number of rotatable bonds is 11. The Bertz CT molecular complexity index is 250. The summed E-state index contributed by atoms with van der Waals surface area (Å²) < 4.78 is 0. The van der Waals surface area contributed by atoms with Crippen LogP contribution in [0.25, 0.3) is 0 Å². The van der Waals surface area contributed by atoms with Gasteiger partial charge in [-0.1, -0.05) is 19.8 Å². The van der Waals surface area contributed by atoms with E-state index in [-0.39, 0.29) is 6.04 Å². The maximum Gasteiger partial charge on any atom is 0.222 e. The molecule has 0 saturated heterocycles. The van der Waals surface area contributed by atoms with Gasteiger partial charge < -0.3 is 15.5 Å². The molecule has 0 aromatic heterocycles. The lowest BCUT2D eigenvalue weighted by Gasteiger charge is -2.30. The summed E-state index contributed by atoms with van der Waals surface area (Å²) in [7, 11) is 4.10. The molecule has 0 aliphatic heterocycles. The largest absolute Gasteiger partial charge is 0.339 e. The molecule has 0 saturated carbocycles. The number of hydrogen-bond acceptors (Lipinski definition) is 3. The van der Waals surface area contributed by atoms with Crippen LogP contribution in [0.3, 0.4) is 0 Å². The summed E-state index contributed by atoms with van der Waals surface area (Å²) >= 11 is 0. The quantitative estimate of drug-likeness (QED) is 0.634. The third-order valence-electron chi connectivity index (χ3n) is 3.86. The van der Waals surface area contributed by atoms with Gasteiger partial charge in [0.2, 0.25) is 5.91 Å². The summed E-state index contributed by atoms with van der Waals surface area (Å²) in [6.07, 6.45) is 5.04. The molecule has 1 amide bonds. The van der Waals surface area contributed by atoms with E-state index < -0.39 is 0 Å². The second-order valence-electron chi connectivity index (χ2n) is 6.06. The van der Waals surface area contributed by atoms with Crippen molar-refractivity contribution >= 4 is 5.91 Å². The van der Waals surface area contributed by atoms with Crippen LogP contribution in [0.5, 0.6) is 0 Å². The van der Waals surface area contributed by atoms with Crippen molar-refractivity contribution in [1.29, 1.82) is 0 Å². The first-order chi connectivity index (χ1) is 9.46. The second kappa shape index (κ2) is 11.1. The van der Waals surface area contributed by atoms with Gasteiger partial charge in [0.25, 0.3) is 0 Å². The van der Waals surface area contributed by atoms with E-state index in [2.05, 4.69) is 25.7 Å². The Morgan fingerprint density at radius 2 is 1.80 bits per heavy atom. The van der Waals surface area contributed by atoms with Crippen LogP contribution in [-0.2, 0) is 4.79 Å². The molecule has 0 fully saturated rings. The van der Waals surface area contributed by atoms with Crippen LogP contribution in [0.1, 0.15) is 52.9 Å². The monoisotopic (exact) mass is 285 g/mol. The van der Waals surface area contributed by atoms with E-state index >= 15 is 0 Å². The first kappa shape index (κ1) is 19.4. The fourth-order valence-corrected chi connectivity index (χ4v) is 2.91. The molecule has 0 spiro atoms. The van der Waals surface area contributed by atoms with E-state index in [1.54, 1.807) is 0 Å². The Balaban J connectivity index is 4.32. The van der Waals surface area contributed by atoms with E-state index in [1.807, 2.05) is 19.0 Å². The van der Waals surface area contributed by atoms with Crippen molar-refractivity contribution in [2.24, 2.45) is 11.7 Å². The lowest BCUT2D eigenvalue weighted by molar-refractivity contribution is -0.133. The van der Waals surface area contributed by atoms with Gasteiger partial charge in [0.05, 0.1) is 0 Å². The minimum Gasteiger partial charge on any atom is -0.339 e. The number of hydrogen-bond donors (Lipinski definition) is 1. The van der Waals surface area contributed by atoms with E-state index in [0.29, 0.717) is 18.2 Å². The molecule has 0 radical (unpaired) electrons. The van der Waals surface area contributed by atoms with Crippen molar-refractivity contribution in [2.75, 3.05) is 33.7 Å². The van der Waals surface area contributed by atoms with Gasteiger partial charge in [-0.05, 0) is 53.2 Å². The van der Waals surface area contributed by atoms with Gasteiger partial charge in [0.15, 0.2) is 0 Å². The lowest BCUT2D eigenvalue weighted by atomic mass is 9.94. The first-order valence-corrected chi connectivity index (χ1v) is 8.10. The van der Waals surface area contributed by atoms with Crippen LogP contribution in [0.2, 0.25) is 0 Å². The Morgan fingerprint density at radius 3 is 2.25 bits per heavy atom. The van der Waals surface area contributed by atoms with Crippen molar-refractivity contribution in [3.8, 4) is 0 Å². The van der Waals surface area contributed by atoms with Crippen LogP contribution >= 0.6 is 0 Å². The molecular weight excluding hydrogens is 250 g/mol. The Hall–Kier alpha value is -0.610. The van der Waals surface area contributed by atoms with E-state index in [9.17, 15) is 4.79 Å². The molecule has 2 atom stereocenters. The van der Waals surface area contributed by atoms with Gasteiger partial charge in [-0.15, -0.1) is 0 Å². The normalized spacial score (nSPS) is 14.3. The molecule has 0 aromatic rings. The molecule has 2 unspecified atom stereocenters. The molecule has 20 heavy (non-hydrogen) atoms. The van der Waals surface area contributed by atoms with E-state index in [0.717, 1.165) is 32.5 Å². The molecule has 4 heteroatoms. The minimum atomic E-state index is 0.279. The van der Waals surface area contributed by atoms with Gasteiger partial charge in [0.1, 0.15) is 0 Å². The molecule has 0 aliphatic carbocycles. The summed E-state index contributed by atoms with van der Waals surface area (Å²) in [4.78, 5) is 16.5. The van der Waals surface area contributed by atoms with E-state index in [1.165, 1.54) is 12.8 Å². The van der Waals surface area contributed by atoms with Gasteiger partial charge in [0, 0.05) is 25.6 Å². The van der Waals surface area contributed by atoms with E-state index in [4.69, 9.17) is 5.73 Å². The molecule has 0 aromatic carbocycles. The average molecular weight is 285 g/mol. The van der Waals surface area contributed by atoms with Crippen LogP contribution in [-0.4, -0.2) is 55.5 Å². The highest BCUT2D eigenvalue weighted by Crippen LogP contribution is 2.18. The molecule has 4 nitrogen and oxygen atoms in total. The lowest BCUT2D eigenvalue weighted by Crippen LogP contribution is -2.43. The highest BCUT2D eigenvalue weighted by molar-refractivity contribution is 5.76. The molecule has 2 N–H and O–H groups in total. The van der Waals surface area contributed by atoms with Crippen molar-refractivity contribution in [3.05, 3.63) is 0 Å². The number of carbonyl (C=O) groups is 1. The smallest absolute Gasteiger partial charge is 0.222 e. The van der Waals surface area contributed by atoms with Crippen molar-refractivity contribution in [3.63, 3.8) is 0 Å². The standard InChI is InChI=1S/C16H35N3O/c1-6-8-15(11-12-17)9-10-16(20)19(7-2)14(3)13-18(4)5/h14-15H,6-13,17H2,1-5H3. The molecular formula is C16H35N3O. The van der Waals surface area contributed by atoms with Crippen molar-refractivity contribution in [1.82, 2.24) is 9.80 Å². The molecule has 0 rings (SSSR count). The SMILES string of the molecule is CCCC(CCN)CCC(=O)N(CC)C(C)CN(C)C. The third kappa shape index (κ3) is 7.85. The summed E-state index contributed by atoms with van der Waals surface area (Å²) in [6, 6.07) is 0.279. The zero-order valence-corrected chi connectivity index (χ0v) is 14.2. The van der Waals surface area contributed by atoms with Gasteiger partial charge in [-0.2, -0.15) is 0 Å². The number of carbonyl (C=O) groups excluding carboxylic acids is 1. The number of nitrogens with zero attached hydrogens (tertiary/aromatic N) is 2. The number of nitrogens with two attached hydrogens (primary N) is 1. The highest BCUT2D eigenvalue weighted by Gasteiger charge is 2.19. The molecule has 0 aliphatic rings. The highest BCUT2D eigenvalue weighted by atomic mass is 16.2. The fraction of sp³-hybridized carbons (Fsp3) is 0.938. The zero-order chi connectivity index (χ0) is 15.5. The molecule has 0 bridgehead atoms. The summed E-state index contributed by atoms with van der Waals surface area (Å²) in [5.41, 5.74) is 5.65. The predicted octanol–water partition coefficient (Wildman–Crippen LogP) is 2.33. The Labute approximate surface area is 125 Å².